The van der Waals surface area contributed by atoms with Crippen molar-refractivity contribution in [1.29, 1.82) is 0 Å². The molecule has 1 aliphatic heterocycles. The van der Waals surface area contributed by atoms with Crippen LogP contribution in [0.5, 0.6) is 0 Å². The summed E-state index contributed by atoms with van der Waals surface area (Å²) in [6, 6.07) is 5.61. The number of hydrogen-bond donors (Lipinski definition) is 1. The summed E-state index contributed by atoms with van der Waals surface area (Å²) in [6.07, 6.45) is 2.81. The lowest BCUT2D eigenvalue weighted by molar-refractivity contribution is 0.0953. The fourth-order valence-corrected chi connectivity index (χ4v) is 2.85. The molecule has 0 spiro atoms. The Bertz CT molecular complexity index is 560. The minimum atomic E-state index is -0.0443. The average molecular weight is 257 g/mol. The molecule has 3 rings (SSSR count). The normalized spacial score (nSPS) is 24.1. The number of hydrogen-bond acceptors (Lipinski definition) is 2. The van der Waals surface area contributed by atoms with Crippen molar-refractivity contribution in [1.82, 2.24) is 5.32 Å². The molecular weight excluding hydrogens is 238 g/mol. The van der Waals surface area contributed by atoms with Crippen LogP contribution >= 0.6 is 0 Å². The van der Waals surface area contributed by atoms with Gasteiger partial charge in [-0.25, -0.2) is 0 Å². The summed E-state index contributed by atoms with van der Waals surface area (Å²) in [5, 5.41) is 2.88. The fourth-order valence-electron chi connectivity index (χ4n) is 2.85. The predicted molar refractivity (Wildman–Crippen MR) is 73.3 cm³/mol. The first kappa shape index (κ1) is 12.4. The molecule has 1 aromatic carbocycles. The van der Waals surface area contributed by atoms with Crippen molar-refractivity contribution >= 4 is 11.7 Å². The van der Waals surface area contributed by atoms with E-state index in [1.165, 1.54) is 0 Å². The second-order valence-corrected chi connectivity index (χ2v) is 6.34. The van der Waals surface area contributed by atoms with E-state index in [1.807, 2.05) is 12.1 Å². The zero-order valence-electron chi connectivity index (χ0n) is 11.5. The lowest BCUT2D eigenvalue weighted by atomic mass is 9.96. The van der Waals surface area contributed by atoms with Crippen molar-refractivity contribution in [2.45, 2.75) is 33.1 Å². The number of nitrogens with one attached hydrogen (secondary N) is 1. The first-order valence-electron chi connectivity index (χ1n) is 6.94. The molecule has 1 unspecified atom stereocenters. The van der Waals surface area contributed by atoms with E-state index >= 15 is 0 Å². The highest BCUT2D eigenvalue weighted by atomic mass is 16.1. The first-order chi connectivity index (χ1) is 8.99. The summed E-state index contributed by atoms with van der Waals surface area (Å²) in [5.74, 6) is 0.265. The van der Waals surface area contributed by atoms with Gasteiger partial charge < -0.3 is 5.32 Å². The number of aryl methyl sites for hydroxylation is 1. The molecule has 1 atom stereocenters. The Morgan fingerprint density at radius 1 is 1.37 bits per heavy atom. The Morgan fingerprint density at radius 3 is 2.79 bits per heavy atom. The molecule has 19 heavy (non-hydrogen) atoms. The number of fused-ring (bicyclic) bond motifs is 1. The van der Waals surface area contributed by atoms with Gasteiger partial charge in [0, 0.05) is 23.6 Å². The van der Waals surface area contributed by atoms with Crippen LogP contribution in [0.3, 0.4) is 0 Å². The van der Waals surface area contributed by atoms with Crippen LogP contribution in [0.4, 0.5) is 0 Å². The number of benzene rings is 1. The zero-order valence-corrected chi connectivity index (χ0v) is 11.5. The van der Waals surface area contributed by atoms with Gasteiger partial charge in [0.05, 0.1) is 0 Å². The van der Waals surface area contributed by atoms with Gasteiger partial charge >= 0.3 is 0 Å². The molecule has 1 heterocycles. The molecule has 100 valence electrons. The second kappa shape index (κ2) is 4.19. The fraction of sp³-hybridized carbons (Fsp3) is 0.500. The summed E-state index contributed by atoms with van der Waals surface area (Å²) in [6.45, 7) is 4.95. The van der Waals surface area contributed by atoms with E-state index < -0.39 is 0 Å². The smallest absolute Gasteiger partial charge is 0.251 e. The van der Waals surface area contributed by atoms with Crippen molar-refractivity contribution in [2.24, 2.45) is 11.3 Å². The summed E-state index contributed by atoms with van der Waals surface area (Å²) in [7, 11) is 0. The topological polar surface area (TPSA) is 46.2 Å². The lowest BCUT2D eigenvalue weighted by Crippen LogP contribution is -2.23. The molecule has 1 N–H and O–H groups in total. The number of carbonyl (C=O) groups is 2. The minimum absolute atomic E-state index is 0.0443. The molecule has 0 bridgehead atoms. The van der Waals surface area contributed by atoms with Crippen LogP contribution in [-0.4, -0.2) is 18.2 Å². The van der Waals surface area contributed by atoms with E-state index in [0.717, 1.165) is 24.8 Å². The monoisotopic (exact) mass is 257 g/mol. The summed E-state index contributed by atoms with van der Waals surface area (Å²) < 4.78 is 0. The van der Waals surface area contributed by atoms with Gasteiger partial charge in [-0.05, 0) is 36.3 Å². The van der Waals surface area contributed by atoms with Crippen LogP contribution in [0.15, 0.2) is 18.2 Å². The number of rotatable bonds is 2. The second-order valence-electron chi connectivity index (χ2n) is 6.34. The summed E-state index contributed by atoms with van der Waals surface area (Å²) >= 11 is 0. The maximum Gasteiger partial charge on any atom is 0.251 e. The number of carbonyl (C=O) groups excluding carboxylic acids is 2. The van der Waals surface area contributed by atoms with Crippen LogP contribution in [0.25, 0.3) is 0 Å². The van der Waals surface area contributed by atoms with E-state index in [-0.39, 0.29) is 23.0 Å². The minimum Gasteiger partial charge on any atom is -0.352 e. The molecule has 1 fully saturated rings. The highest BCUT2D eigenvalue weighted by molar-refractivity contribution is 6.03. The van der Waals surface area contributed by atoms with Crippen molar-refractivity contribution < 1.29 is 9.59 Å². The van der Waals surface area contributed by atoms with E-state index in [1.54, 1.807) is 6.07 Å². The van der Waals surface area contributed by atoms with Gasteiger partial charge in [0.1, 0.15) is 0 Å². The number of Topliss-reactive ketones (excluding diaryl/α,β-unsaturated/α-hetero) is 1. The molecule has 2 aliphatic rings. The Labute approximate surface area is 113 Å². The van der Waals surface area contributed by atoms with Crippen LogP contribution in [0, 0.1) is 11.3 Å². The van der Waals surface area contributed by atoms with Gasteiger partial charge in [-0.3, -0.25) is 9.59 Å². The maximum absolute atomic E-state index is 12.4. The van der Waals surface area contributed by atoms with E-state index in [2.05, 4.69) is 19.2 Å². The maximum atomic E-state index is 12.4. The third-order valence-electron chi connectivity index (χ3n) is 4.38. The average Bonchev–Trinajstić information content (AvgIpc) is 3.06. The lowest BCUT2D eigenvalue weighted by Gasteiger charge is -2.08. The molecule has 0 saturated heterocycles. The van der Waals surface area contributed by atoms with Crippen molar-refractivity contribution in [3.05, 3.63) is 34.9 Å². The van der Waals surface area contributed by atoms with Crippen molar-refractivity contribution in [3.63, 3.8) is 0 Å². The van der Waals surface area contributed by atoms with Gasteiger partial charge in [0.2, 0.25) is 0 Å². The van der Waals surface area contributed by atoms with Crippen molar-refractivity contribution in [2.75, 3.05) is 6.54 Å². The van der Waals surface area contributed by atoms with Crippen LogP contribution in [-0.2, 0) is 6.42 Å². The molecule has 0 aromatic heterocycles. The Balaban J connectivity index is 1.93. The summed E-state index contributed by atoms with van der Waals surface area (Å²) in [4.78, 5) is 24.3. The molecule has 3 nitrogen and oxygen atoms in total. The molecule has 1 saturated carbocycles. The predicted octanol–water partition coefficient (Wildman–Crippen LogP) is 2.59. The molecule has 1 aromatic rings. The largest absolute Gasteiger partial charge is 0.352 e. The quantitative estimate of drug-likeness (QED) is 0.828. The van der Waals surface area contributed by atoms with E-state index in [4.69, 9.17) is 0 Å². The van der Waals surface area contributed by atoms with Crippen LogP contribution in [0.1, 0.15) is 53.0 Å². The standard InChI is InChI=1S/C16H19NO2/c1-16(2)9-13(16)14(18)11-6-5-10-4-3-7-17-15(19)12(10)8-11/h5-6,8,13H,3-4,7,9H2,1-2H3,(H,17,19). The van der Waals surface area contributed by atoms with Gasteiger partial charge in [0.25, 0.3) is 5.91 Å². The third kappa shape index (κ3) is 2.18. The number of ketones is 1. The Morgan fingerprint density at radius 2 is 2.11 bits per heavy atom. The van der Waals surface area contributed by atoms with Gasteiger partial charge in [-0.1, -0.05) is 26.0 Å². The highest BCUT2D eigenvalue weighted by Gasteiger charge is 2.50. The van der Waals surface area contributed by atoms with E-state index in [0.29, 0.717) is 17.7 Å². The molecule has 3 heteroatoms. The summed E-state index contributed by atoms with van der Waals surface area (Å²) in [5.41, 5.74) is 2.56. The Kier molecular flexibility index (Phi) is 2.73. The van der Waals surface area contributed by atoms with Gasteiger partial charge in [-0.2, -0.15) is 0 Å². The zero-order chi connectivity index (χ0) is 13.6. The molecular formula is C16H19NO2. The molecule has 0 radical (unpaired) electrons. The Hall–Kier alpha value is -1.64. The molecule has 1 aliphatic carbocycles. The molecule has 1 amide bonds. The van der Waals surface area contributed by atoms with Gasteiger partial charge in [0.15, 0.2) is 5.78 Å². The van der Waals surface area contributed by atoms with Crippen molar-refractivity contribution in [3.8, 4) is 0 Å². The number of amides is 1. The van der Waals surface area contributed by atoms with Gasteiger partial charge in [-0.15, -0.1) is 0 Å². The van der Waals surface area contributed by atoms with E-state index in [9.17, 15) is 9.59 Å². The van der Waals surface area contributed by atoms with Crippen LogP contribution in [0.2, 0.25) is 0 Å². The van der Waals surface area contributed by atoms with Crippen LogP contribution < -0.4 is 5.32 Å². The first-order valence-corrected chi connectivity index (χ1v) is 6.94. The SMILES string of the molecule is CC1(C)CC1C(=O)c1ccc2c(c1)C(=O)NCCC2. The highest BCUT2D eigenvalue weighted by Crippen LogP contribution is 2.53. The third-order valence-corrected chi connectivity index (χ3v) is 4.38.